The number of hydrogen-bond acceptors (Lipinski definition) is 5. The van der Waals surface area contributed by atoms with Gasteiger partial charge in [-0.3, -0.25) is 0 Å². The highest BCUT2D eigenvalue weighted by Crippen LogP contribution is 2.46. The monoisotopic (exact) mass is 375 g/mol. The maximum Gasteiger partial charge on any atom is 0.337 e. The standard InChI is InChI=1S/C20H22ClNO4/c1-5-22-12(4)16(20(24)26-11(2)3)17(13-8-6-7-9-14(13)21)18-15(22)10-25-19(18)23/h6-9,11,17H,5,10H2,1-4H3/t17-/m0/s1. The van der Waals surface area contributed by atoms with Crippen molar-refractivity contribution in [2.24, 2.45) is 0 Å². The third-order valence-electron chi connectivity index (χ3n) is 4.66. The number of cyclic esters (lactones) is 1. The van der Waals surface area contributed by atoms with E-state index in [0.717, 1.165) is 11.4 Å². The summed E-state index contributed by atoms with van der Waals surface area (Å²) in [4.78, 5) is 27.4. The number of esters is 2. The topological polar surface area (TPSA) is 55.8 Å². The molecule has 0 unspecified atom stereocenters. The van der Waals surface area contributed by atoms with Gasteiger partial charge in [0.25, 0.3) is 0 Å². The number of nitrogens with zero attached hydrogens (tertiary/aromatic N) is 1. The van der Waals surface area contributed by atoms with E-state index in [9.17, 15) is 9.59 Å². The van der Waals surface area contributed by atoms with E-state index < -0.39 is 17.9 Å². The average molecular weight is 376 g/mol. The quantitative estimate of drug-likeness (QED) is 0.749. The van der Waals surface area contributed by atoms with Crippen LogP contribution in [0.25, 0.3) is 0 Å². The second-order valence-corrected chi connectivity index (χ2v) is 7.00. The Balaban J connectivity index is 2.23. The van der Waals surface area contributed by atoms with Crippen LogP contribution in [0.2, 0.25) is 5.02 Å². The van der Waals surface area contributed by atoms with Crippen LogP contribution < -0.4 is 0 Å². The first kappa shape index (κ1) is 18.5. The molecule has 2 aliphatic heterocycles. The molecule has 0 aliphatic carbocycles. The van der Waals surface area contributed by atoms with Crippen molar-refractivity contribution < 1.29 is 19.1 Å². The van der Waals surface area contributed by atoms with Gasteiger partial charge < -0.3 is 14.4 Å². The minimum absolute atomic E-state index is 0.201. The molecule has 6 heteroatoms. The molecular weight excluding hydrogens is 354 g/mol. The summed E-state index contributed by atoms with van der Waals surface area (Å²) in [6.07, 6.45) is -0.268. The molecule has 1 atom stereocenters. The Kier molecular flexibility index (Phi) is 5.10. The van der Waals surface area contributed by atoms with Crippen LogP contribution in [0, 0.1) is 0 Å². The summed E-state index contributed by atoms with van der Waals surface area (Å²) in [6.45, 7) is 8.26. The molecule has 5 nitrogen and oxygen atoms in total. The van der Waals surface area contributed by atoms with Gasteiger partial charge in [-0.25, -0.2) is 9.59 Å². The zero-order valence-electron chi connectivity index (χ0n) is 15.3. The van der Waals surface area contributed by atoms with Gasteiger partial charge in [-0.1, -0.05) is 29.8 Å². The zero-order chi connectivity index (χ0) is 19.0. The van der Waals surface area contributed by atoms with Crippen molar-refractivity contribution >= 4 is 23.5 Å². The molecule has 0 aromatic heterocycles. The van der Waals surface area contributed by atoms with Crippen LogP contribution in [0.4, 0.5) is 0 Å². The largest absolute Gasteiger partial charge is 0.460 e. The highest BCUT2D eigenvalue weighted by molar-refractivity contribution is 6.31. The molecule has 2 aliphatic rings. The summed E-state index contributed by atoms with van der Waals surface area (Å²) < 4.78 is 10.8. The van der Waals surface area contributed by atoms with Crippen molar-refractivity contribution in [2.45, 2.75) is 39.7 Å². The van der Waals surface area contributed by atoms with Crippen LogP contribution >= 0.6 is 11.6 Å². The SMILES string of the molecule is CCN1C(C)=C(C(=O)OC(C)C)[C@H](c2ccccc2Cl)C2=C1COC2=O. The van der Waals surface area contributed by atoms with E-state index in [1.54, 1.807) is 19.9 Å². The third-order valence-corrected chi connectivity index (χ3v) is 5.01. The molecule has 138 valence electrons. The summed E-state index contributed by atoms with van der Waals surface area (Å²) in [7, 11) is 0. The molecule has 0 N–H and O–H groups in total. The lowest BCUT2D eigenvalue weighted by atomic mass is 9.80. The molecule has 0 radical (unpaired) electrons. The molecular formula is C20H22ClNO4. The third kappa shape index (κ3) is 3.01. The Morgan fingerprint density at radius 3 is 2.69 bits per heavy atom. The van der Waals surface area contributed by atoms with Gasteiger partial charge in [0.1, 0.15) is 6.61 Å². The molecule has 1 aromatic rings. The van der Waals surface area contributed by atoms with E-state index in [1.807, 2.05) is 36.9 Å². The number of rotatable bonds is 4. The Morgan fingerprint density at radius 1 is 1.38 bits per heavy atom. The van der Waals surface area contributed by atoms with Crippen LogP contribution in [0.3, 0.4) is 0 Å². The number of hydrogen-bond donors (Lipinski definition) is 0. The van der Waals surface area contributed by atoms with Gasteiger partial charge in [0.15, 0.2) is 0 Å². The summed E-state index contributed by atoms with van der Waals surface area (Å²) in [6, 6.07) is 7.25. The number of halogens is 1. The lowest BCUT2D eigenvalue weighted by molar-refractivity contribution is -0.143. The molecule has 1 aromatic carbocycles. The number of carbonyl (C=O) groups is 2. The molecule has 26 heavy (non-hydrogen) atoms. The smallest absolute Gasteiger partial charge is 0.337 e. The van der Waals surface area contributed by atoms with Crippen molar-refractivity contribution in [1.82, 2.24) is 4.90 Å². The predicted octanol–water partition coefficient (Wildman–Crippen LogP) is 3.80. The minimum Gasteiger partial charge on any atom is -0.460 e. The normalized spacial score (nSPS) is 19.8. The van der Waals surface area contributed by atoms with Crippen LogP contribution in [0.15, 0.2) is 46.8 Å². The fraction of sp³-hybridized carbons (Fsp3) is 0.400. The first-order valence-corrected chi connectivity index (χ1v) is 9.08. The number of carbonyl (C=O) groups excluding carboxylic acids is 2. The molecule has 0 bridgehead atoms. The summed E-state index contributed by atoms with van der Waals surface area (Å²) in [5, 5.41) is 0.497. The fourth-order valence-corrected chi connectivity index (χ4v) is 3.85. The molecule has 0 saturated carbocycles. The summed E-state index contributed by atoms with van der Waals surface area (Å²) in [5.41, 5.74) is 3.17. The van der Waals surface area contributed by atoms with E-state index >= 15 is 0 Å². The lowest BCUT2D eigenvalue weighted by Gasteiger charge is -2.35. The second-order valence-electron chi connectivity index (χ2n) is 6.59. The highest BCUT2D eigenvalue weighted by Gasteiger charge is 2.45. The molecule has 3 rings (SSSR count). The first-order valence-electron chi connectivity index (χ1n) is 8.70. The number of likely N-dealkylation sites (N-methyl/N-ethyl adjacent to an activating group) is 1. The number of allylic oxidation sites excluding steroid dienone is 1. The predicted molar refractivity (Wildman–Crippen MR) is 98.5 cm³/mol. The number of benzene rings is 1. The number of ether oxygens (including phenoxy) is 2. The maximum atomic E-state index is 12.9. The Labute approximate surface area is 158 Å². The highest BCUT2D eigenvalue weighted by atomic mass is 35.5. The van der Waals surface area contributed by atoms with Crippen LogP contribution in [0.1, 0.15) is 39.2 Å². The van der Waals surface area contributed by atoms with E-state index in [2.05, 4.69) is 0 Å². The van der Waals surface area contributed by atoms with Crippen molar-refractivity contribution in [2.75, 3.05) is 13.2 Å². The molecule has 0 saturated heterocycles. The van der Waals surface area contributed by atoms with Gasteiger partial charge in [-0.2, -0.15) is 0 Å². The fourth-order valence-electron chi connectivity index (χ4n) is 3.61. The van der Waals surface area contributed by atoms with Crippen molar-refractivity contribution in [3.05, 3.63) is 57.4 Å². The van der Waals surface area contributed by atoms with Crippen molar-refractivity contribution in [3.63, 3.8) is 0 Å². The van der Waals surface area contributed by atoms with Gasteiger partial charge in [0.2, 0.25) is 0 Å². The summed E-state index contributed by atoms with van der Waals surface area (Å²) >= 11 is 6.43. The van der Waals surface area contributed by atoms with Crippen molar-refractivity contribution in [3.8, 4) is 0 Å². The van der Waals surface area contributed by atoms with Gasteiger partial charge in [-0.05, 0) is 39.3 Å². The van der Waals surface area contributed by atoms with Gasteiger partial charge in [0.05, 0.1) is 28.9 Å². The van der Waals surface area contributed by atoms with Gasteiger partial charge in [-0.15, -0.1) is 0 Å². The van der Waals surface area contributed by atoms with Gasteiger partial charge >= 0.3 is 11.9 Å². The Hall–Kier alpha value is -2.27. The molecule has 0 spiro atoms. The Bertz CT molecular complexity index is 825. The second kappa shape index (κ2) is 7.16. The van der Waals surface area contributed by atoms with Crippen LogP contribution in [0.5, 0.6) is 0 Å². The van der Waals surface area contributed by atoms with Crippen molar-refractivity contribution in [1.29, 1.82) is 0 Å². The summed E-state index contributed by atoms with van der Waals surface area (Å²) in [5.74, 6) is -1.44. The molecule has 2 heterocycles. The van der Waals surface area contributed by atoms with E-state index in [0.29, 0.717) is 28.3 Å². The van der Waals surface area contributed by atoms with E-state index in [-0.39, 0.29) is 12.7 Å². The van der Waals surface area contributed by atoms with E-state index in [1.165, 1.54) is 0 Å². The average Bonchev–Trinajstić information content (AvgIpc) is 2.95. The van der Waals surface area contributed by atoms with Crippen LogP contribution in [-0.4, -0.2) is 36.1 Å². The van der Waals surface area contributed by atoms with Crippen LogP contribution in [-0.2, 0) is 19.1 Å². The minimum atomic E-state index is -0.595. The molecule has 0 amide bonds. The zero-order valence-corrected chi connectivity index (χ0v) is 16.1. The Morgan fingerprint density at radius 2 is 2.08 bits per heavy atom. The lowest BCUT2D eigenvalue weighted by Crippen LogP contribution is -2.34. The van der Waals surface area contributed by atoms with E-state index in [4.69, 9.17) is 21.1 Å². The van der Waals surface area contributed by atoms with Gasteiger partial charge in [0, 0.05) is 17.3 Å². The first-order chi connectivity index (χ1) is 12.4. The molecule has 0 fully saturated rings. The maximum absolute atomic E-state index is 12.9.